The van der Waals surface area contributed by atoms with Gasteiger partial charge in [0, 0.05) is 33.8 Å². The lowest BCUT2D eigenvalue weighted by atomic mass is 9.91. The summed E-state index contributed by atoms with van der Waals surface area (Å²) in [5.74, 6) is 6.33. The van der Waals surface area contributed by atoms with Gasteiger partial charge in [-0.3, -0.25) is 9.59 Å². The van der Waals surface area contributed by atoms with Crippen molar-refractivity contribution in [1.82, 2.24) is 0 Å². The highest BCUT2D eigenvalue weighted by Gasteiger charge is 2.22. The zero-order valence-corrected chi connectivity index (χ0v) is 44.8. The average molecular weight is 891 g/mol. The van der Waals surface area contributed by atoms with Crippen LogP contribution in [0.25, 0.3) is 0 Å². The molecule has 6 atom stereocenters. The predicted molar refractivity (Wildman–Crippen MR) is 274 cm³/mol. The van der Waals surface area contributed by atoms with Crippen LogP contribution < -0.4 is 9.47 Å². The maximum absolute atomic E-state index is 13.3. The van der Waals surface area contributed by atoms with Gasteiger partial charge in [0.05, 0.1) is 0 Å². The van der Waals surface area contributed by atoms with Crippen LogP contribution in [0.15, 0.2) is 21.9 Å². The van der Waals surface area contributed by atoms with Crippen LogP contribution in [0.3, 0.4) is 0 Å². The molecule has 0 aliphatic heterocycles. The summed E-state index contributed by atoms with van der Waals surface area (Å²) in [4.78, 5) is 28.9. The van der Waals surface area contributed by atoms with E-state index in [-0.39, 0.29) is 23.8 Å². The van der Waals surface area contributed by atoms with Gasteiger partial charge < -0.3 is 9.47 Å². The average Bonchev–Trinajstić information content (AvgIpc) is 3.18. The van der Waals surface area contributed by atoms with E-state index in [0.717, 1.165) is 93.2 Å². The van der Waals surface area contributed by atoms with E-state index in [1.165, 1.54) is 101 Å². The van der Waals surface area contributed by atoms with Crippen molar-refractivity contribution in [2.24, 2.45) is 47.3 Å². The Kier molecular flexibility index (Phi) is 27.2. The number of carbonyl (C=O) groups excluding carboxylic acids is 2. The van der Waals surface area contributed by atoms with Crippen LogP contribution in [-0.2, 0) is 9.59 Å². The van der Waals surface area contributed by atoms with Crippen LogP contribution in [-0.4, -0.2) is 11.9 Å². The second kappa shape index (κ2) is 30.1. The standard InChI is InChI=1S/C58H98O4S/c1-39(2)23-17-25-41(5)27-19-29-43(7)31-21-33-45(9)35-55(59)61-53-37-47(11)49(13)57(51(53)15)63-58-50(14)48(12)38-54(52(58)16)62-56(60)36-46(10)34-22-32-44(8)30-20-28-42(6)26-18-24-40(3)4/h37-46H,17-36H2,1-16H3. The minimum absolute atomic E-state index is 0.155. The second-order valence-corrected chi connectivity index (χ2v) is 23.0. The smallest absolute Gasteiger partial charge is 0.311 e. The number of hydrogen-bond donors (Lipinski definition) is 0. The first-order chi connectivity index (χ1) is 29.7. The zero-order chi connectivity index (χ0) is 47.2. The maximum atomic E-state index is 13.3. The summed E-state index contributed by atoms with van der Waals surface area (Å²) in [5.41, 5.74) is 6.49. The second-order valence-electron chi connectivity index (χ2n) is 22.0. The molecule has 0 amide bonds. The Hall–Kier alpha value is -2.27. The van der Waals surface area contributed by atoms with Crippen molar-refractivity contribution >= 4 is 23.7 Å². The van der Waals surface area contributed by atoms with E-state index in [1.807, 2.05) is 12.1 Å². The molecule has 0 radical (unpaired) electrons. The first-order valence-electron chi connectivity index (χ1n) is 26.0. The fraction of sp³-hybridized carbons (Fsp3) is 0.759. The minimum atomic E-state index is -0.155. The van der Waals surface area contributed by atoms with Gasteiger partial charge >= 0.3 is 11.9 Å². The van der Waals surface area contributed by atoms with Crippen LogP contribution >= 0.6 is 11.8 Å². The minimum Gasteiger partial charge on any atom is -0.426 e. The van der Waals surface area contributed by atoms with Crippen molar-refractivity contribution in [3.05, 3.63) is 45.5 Å². The third kappa shape index (κ3) is 22.7. The number of rotatable bonds is 32. The molecule has 0 heterocycles. The number of aryl methyl sites for hydroxylation is 2. The van der Waals surface area contributed by atoms with Gasteiger partial charge in [-0.05, 0) is 123 Å². The van der Waals surface area contributed by atoms with Gasteiger partial charge in [0.15, 0.2) is 0 Å². The molecule has 0 aromatic heterocycles. The topological polar surface area (TPSA) is 52.6 Å². The van der Waals surface area contributed by atoms with Crippen molar-refractivity contribution in [2.45, 2.75) is 249 Å². The predicted octanol–water partition coefficient (Wildman–Crippen LogP) is 18.4. The molecular weight excluding hydrogens is 793 g/mol. The molecular formula is C58H98O4S. The summed E-state index contributed by atoms with van der Waals surface area (Å²) in [7, 11) is 0. The molecule has 0 fully saturated rings. The van der Waals surface area contributed by atoms with Crippen molar-refractivity contribution < 1.29 is 19.1 Å². The fourth-order valence-electron chi connectivity index (χ4n) is 9.28. The van der Waals surface area contributed by atoms with E-state index < -0.39 is 0 Å². The Morgan fingerprint density at radius 2 is 0.651 bits per heavy atom. The number of carbonyl (C=O) groups is 2. The van der Waals surface area contributed by atoms with Crippen LogP contribution in [0.4, 0.5) is 0 Å². The van der Waals surface area contributed by atoms with E-state index in [0.29, 0.717) is 24.3 Å². The van der Waals surface area contributed by atoms with Crippen LogP contribution in [0, 0.1) is 88.9 Å². The van der Waals surface area contributed by atoms with Crippen molar-refractivity contribution in [2.75, 3.05) is 0 Å². The van der Waals surface area contributed by atoms with Crippen molar-refractivity contribution in [3.63, 3.8) is 0 Å². The Morgan fingerprint density at radius 3 is 0.921 bits per heavy atom. The highest BCUT2D eigenvalue weighted by molar-refractivity contribution is 7.99. The summed E-state index contributed by atoms with van der Waals surface area (Å²) >= 11 is 1.70. The van der Waals surface area contributed by atoms with Crippen LogP contribution in [0.2, 0.25) is 0 Å². The van der Waals surface area contributed by atoms with E-state index >= 15 is 0 Å². The van der Waals surface area contributed by atoms with Gasteiger partial charge in [-0.25, -0.2) is 0 Å². The summed E-state index contributed by atoms with van der Waals surface area (Å²) in [6.45, 7) is 35.9. The fourth-order valence-corrected chi connectivity index (χ4v) is 10.6. The highest BCUT2D eigenvalue weighted by Crippen LogP contribution is 2.44. The number of ether oxygens (including phenoxy) is 2. The maximum Gasteiger partial charge on any atom is 0.311 e. The molecule has 0 N–H and O–H groups in total. The van der Waals surface area contributed by atoms with Gasteiger partial charge in [0.25, 0.3) is 0 Å². The Bertz CT molecular complexity index is 1520. The lowest BCUT2D eigenvalue weighted by molar-refractivity contribution is -0.136. The Morgan fingerprint density at radius 1 is 0.397 bits per heavy atom. The molecule has 4 nitrogen and oxygen atoms in total. The summed E-state index contributed by atoms with van der Waals surface area (Å²) in [5, 5.41) is 0. The molecule has 360 valence electrons. The van der Waals surface area contributed by atoms with Crippen molar-refractivity contribution in [3.8, 4) is 11.5 Å². The van der Waals surface area contributed by atoms with Gasteiger partial charge in [0.1, 0.15) is 11.5 Å². The van der Waals surface area contributed by atoms with Crippen LogP contribution in [0.1, 0.15) is 231 Å². The van der Waals surface area contributed by atoms with Gasteiger partial charge in [-0.1, -0.05) is 197 Å². The van der Waals surface area contributed by atoms with Crippen LogP contribution in [0.5, 0.6) is 11.5 Å². The normalized spacial score (nSPS) is 14.8. The molecule has 5 heteroatoms. The molecule has 0 saturated heterocycles. The number of hydrogen-bond acceptors (Lipinski definition) is 5. The molecule has 6 unspecified atom stereocenters. The molecule has 0 saturated carbocycles. The van der Waals surface area contributed by atoms with Crippen molar-refractivity contribution in [1.29, 1.82) is 0 Å². The van der Waals surface area contributed by atoms with Gasteiger partial charge in [-0.15, -0.1) is 0 Å². The molecule has 0 aliphatic carbocycles. The summed E-state index contributed by atoms with van der Waals surface area (Å²) < 4.78 is 12.3. The first-order valence-corrected chi connectivity index (χ1v) is 26.8. The summed E-state index contributed by atoms with van der Waals surface area (Å²) in [6.07, 6.45) is 23.9. The van der Waals surface area contributed by atoms with E-state index in [4.69, 9.17) is 9.47 Å². The Balaban J connectivity index is 1.92. The molecule has 0 spiro atoms. The van der Waals surface area contributed by atoms with Gasteiger partial charge in [-0.2, -0.15) is 0 Å². The molecule has 2 aromatic carbocycles. The summed E-state index contributed by atoms with van der Waals surface area (Å²) in [6, 6.07) is 4.04. The highest BCUT2D eigenvalue weighted by atomic mass is 32.2. The molecule has 63 heavy (non-hydrogen) atoms. The lowest BCUT2D eigenvalue weighted by Gasteiger charge is -2.21. The Labute approximate surface area is 394 Å². The van der Waals surface area contributed by atoms with E-state index in [1.54, 1.807) is 11.8 Å². The molecule has 0 aliphatic rings. The molecule has 0 bridgehead atoms. The van der Waals surface area contributed by atoms with Gasteiger partial charge in [0.2, 0.25) is 0 Å². The lowest BCUT2D eigenvalue weighted by Crippen LogP contribution is -2.14. The molecule has 2 aromatic rings. The monoisotopic (exact) mass is 891 g/mol. The number of benzene rings is 2. The van der Waals surface area contributed by atoms with E-state index in [9.17, 15) is 9.59 Å². The number of esters is 2. The largest absolute Gasteiger partial charge is 0.426 e. The quantitative estimate of drug-likeness (QED) is 0.0541. The zero-order valence-electron chi connectivity index (χ0n) is 44.0. The van der Waals surface area contributed by atoms with E-state index in [2.05, 4.69) is 111 Å². The molecule has 2 rings (SSSR count). The third-order valence-electron chi connectivity index (χ3n) is 14.2. The third-order valence-corrected chi connectivity index (χ3v) is 15.8. The first kappa shape index (κ1) is 56.9. The SMILES string of the molecule is Cc1cc(OC(=O)CC(C)CCCC(C)CCCC(C)CCCC(C)C)c(C)c(Sc2c(C)c(C)cc(OC(=O)CC(C)CCCC(C)CCCC(C)CCCC(C)C)c2C)c1C.